The molecule has 1 amide bonds. The highest BCUT2D eigenvalue weighted by atomic mass is 16.5. The van der Waals surface area contributed by atoms with Gasteiger partial charge in [-0.3, -0.25) is 4.79 Å². The van der Waals surface area contributed by atoms with E-state index in [0.717, 1.165) is 63.2 Å². The van der Waals surface area contributed by atoms with E-state index >= 15 is 0 Å². The predicted molar refractivity (Wildman–Crippen MR) is 88.1 cm³/mol. The fraction of sp³-hybridized carbons (Fsp3) is 0.611. The molecule has 4 nitrogen and oxygen atoms in total. The second-order valence-corrected chi connectivity index (χ2v) is 6.59. The lowest BCUT2D eigenvalue weighted by atomic mass is 9.92. The van der Waals surface area contributed by atoms with Crippen molar-refractivity contribution in [3.63, 3.8) is 0 Å². The van der Waals surface area contributed by atoms with Crippen LogP contribution in [0.5, 0.6) is 5.75 Å². The van der Waals surface area contributed by atoms with Gasteiger partial charge in [0, 0.05) is 17.7 Å². The van der Waals surface area contributed by atoms with Crippen molar-refractivity contribution in [3.05, 3.63) is 24.3 Å². The summed E-state index contributed by atoms with van der Waals surface area (Å²) < 4.78 is 5.69. The number of hydrogen-bond donors (Lipinski definition) is 2. The molecular weight excluding hydrogens is 276 g/mol. The number of amides is 1. The molecule has 0 radical (unpaired) electrons. The van der Waals surface area contributed by atoms with Crippen LogP contribution in [0, 0.1) is 11.3 Å². The van der Waals surface area contributed by atoms with Crippen LogP contribution in [0.25, 0.3) is 0 Å². The van der Waals surface area contributed by atoms with E-state index in [1.807, 2.05) is 24.3 Å². The second-order valence-electron chi connectivity index (χ2n) is 6.59. The van der Waals surface area contributed by atoms with Gasteiger partial charge >= 0.3 is 0 Å². The van der Waals surface area contributed by atoms with Gasteiger partial charge in [0.25, 0.3) is 0 Å². The summed E-state index contributed by atoms with van der Waals surface area (Å²) in [7, 11) is 0. The van der Waals surface area contributed by atoms with Crippen molar-refractivity contribution in [2.24, 2.45) is 11.3 Å². The first-order valence-corrected chi connectivity index (χ1v) is 8.48. The molecule has 1 heterocycles. The molecule has 2 aliphatic rings. The first-order valence-electron chi connectivity index (χ1n) is 8.48. The minimum Gasteiger partial charge on any atom is -0.494 e. The highest BCUT2D eigenvalue weighted by Crippen LogP contribution is 2.58. The van der Waals surface area contributed by atoms with Crippen molar-refractivity contribution < 1.29 is 9.53 Å². The maximum Gasteiger partial charge on any atom is 0.228 e. The van der Waals surface area contributed by atoms with Crippen molar-refractivity contribution in [2.75, 3.05) is 25.0 Å². The standard InChI is InChI=1S/C18H26N2O2/c1-2-3-11-22-15-6-4-5-14(12-15)20-17(21)16-13-18(16)7-9-19-10-8-18/h4-6,12,16,19H,2-3,7-11,13H2,1H3,(H,20,21). The fourth-order valence-corrected chi connectivity index (χ4v) is 3.42. The molecule has 120 valence electrons. The van der Waals surface area contributed by atoms with E-state index < -0.39 is 0 Å². The summed E-state index contributed by atoms with van der Waals surface area (Å²) in [6, 6.07) is 7.73. The molecule has 1 aliphatic carbocycles. The van der Waals surface area contributed by atoms with E-state index in [1.165, 1.54) is 0 Å². The van der Waals surface area contributed by atoms with Crippen LogP contribution < -0.4 is 15.4 Å². The average Bonchev–Trinajstić information content (AvgIpc) is 3.22. The van der Waals surface area contributed by atoms with Gasteiger partial charge < -0.3 is 15.4 Å². The smallest absolute Gasteiger partial charge is 0.228 e. The molecule has 1 saturated carbocycles. The molecule has 1 aromatic carbocycles. The Labute approximate surface area is 132 Å². The summed E-state index contributed by atoms with van der Waals surface area (Å²) in [4.78, 5) is 12.4. The minimum absolute atomic E-state index is 0.174. The number of benzene rings is 1. The summed E-state index contributed by atoms with van der Waals surface area (Å²) in [5, 5.41) is 6.44. The Morgan fingerprint density at radius 1 is 1.41 bits per heavy atom. The number of piperidine rings is 1. The third kappa shape index (κ3) is 3.43. The molecular formula is C18H26N2O2. The number of carbonyl (C=O) groups is 1. The van der Waals surface area contributed by atoms with Gasteiger partial charge in [0.05, 0.1) is 6.61 Å². The lowest BCUT2D eigenvalue weighted by Crippen LogP contribution is -2.31. The molecule has 1 aliphatic heterocycles. The zero-order valence-corrected chi connectivity index (χ0v) is 13.4. The van der Waals surface area contributed by atoms with Gasteiger partial charge in [0.2, 0.25) is 5.91 Å². The maximum atomic E-state index is 12.4. The average molecular weight is 302 g/mol. The van der Waals surface area contributed by atoms with Crippen LogP contribution in [0.1, 0.15) is 39.0 Å². The Hall–Kier alpha value is -1.55. The van der Waals surface area contributed by atoms with Gasteiger partial charge in [-0.25, -0.2) is 0 Å². The van der Waals surface area contributed by atoms with E-state index in [4.69, 9.17) is 4.74 Å². The maximum absolute atomic E-state index is 12.4. The lowest BCUT2D eigenvalue weighted by Gasteiger charge is -2.23. The summed E-state index contributed by atoms with van der Waals surface area (Å²) in [6.45, 7) is 4.97. The Bertz CT molecular complexity index is 524. The molecule has 1 unspecified atom stereocenters. The first kappa shape index (κ1) is 15.3. The van der Waals surface area contributed by atoms with E-state index in [0.29, 0.717) is 0 Å². The third-order valence-electron chi connectivity index (χ3n) is 4.97. The Morgan fingerprint density at radius 2 is 2.23 bits per heavy atom. The quantitative estimate of drug-likeness (QED) is 0.793. The third-order valence-corrected chi connectivity index (χ3v) is 4.97. The van der Waals surface area contributed by atoms with Gasteiger partial charge in [-0.05, 0) is 56.3 Å². The molecule has 0 bridgehead atoms. The number of rotatable bonds is 6. The molecule has 2 N–H and O–H groups in total. The molecule has 1 saturated heterocycles. The van der Waals surface area contributed by atoms with E-state index in [1.54, 1.807) is 0 Å². The number of anilines is 1. The number of hydrogen-bond acceptors (Lipinski definition) is 3. The normalized spacial score (nSPS) is 22.3. The van der Waals surface area contributed by atoms with E-state index in [-0.39, 0.29) is 17.2 Å². The van der Waals surface area contributed by atoms with Gasteiger partial charge in [-0.15, -0.1) is 0 Å². The molecule has 22 heavy (non-hydrogen) atoms. The van der Waals surface area contributed by atoms with Crippen LogP contribution in [-0.2, 0) is 4.79 Å². The molecule has 1 atom stereocenters. The Balaban J connectivity index is 1.54. The zero-order chi connectivity index (χ0) is 15.4. The van der Waals surface area contributed by atoms with Crippen LogP contribution in [0.4, 0.5) is 5.69 Å². The zero-order valence-electron chi connectivity index (χ0n) is 13.4. The van der Waals surface area contributed by atoms with Gasteiger partial charge in [0.1, 0.15) is 5.75 Å². The molecule has 4 heteroatoms. The van der Waals surface area contributed by atoms with Crippen LogP contribution in [-0.4, -0.2) is 25.6 Å². The van der Waals surface area contributed by atoms with Crippen molar-refractivity contribution in [1.29, 1.82) is 0 Å². The summed E-state index contributed by atoms with van der Waals surface area (Å²) in [5.74, 6) is 1.20. The van der Waals surface area contributed by atoms with Crippen molar-refractivity contribution in [2.45, 2.75) is 39.0 Å². The van der Waals surface area contributed by atoms with E-state index in [9.17, 15) is 4.79 Å². The SMILES string of the molecule is CCCCOc1cccc(NC(=O)C2CC23CCNCC3)c1. The van der Waals surface area contributed by atoms with Crippen LogP contribution in [0.2, 0.25) is 0 Å². The number of carbonyl (C=O) groups excluding carboxylic acids is 1. The first-order chi connectivity index (χ1) is 10.7. The molecule has 0 aromatic heterocycles. The van der Waals surface area contributed by atoms with Crippen molar-refractivity contribution in [1.82, 2.24) is 5.32 Å². The van der Waals surface area contributed by atoms with Crippen molar-refractivity contribution >= 4 is 11.6 Å². The lowest BCUT2D eigenvalue weighted by molar-refractivity contribution is -0.118. The number of ether oxygens (including phenoxy) is 1. The summed E-state index contributed by atoms with van der Waals surface area (Å²) >= 11 is 0. The monoisotopic (exact) mass is 302 g/mol. The minimum atomic E-state index is 0.174. The highest BCUT2D eigenvalue weighted by Gasteiger charge is 2.57. The van der Waals surface area contributed by atoms with Crippen molar-refractivity contribution in [3.8, 4) is 5.75 Å². The number of nitrogens with one attached hydrogen (secondary N) is 2. The Morgan fingerprint density at radius 3 is 3.00 bits per heavy atom. The molecule has 1 spiro atoms. The summed E-state index contributed by atoms with van der Waals surface area (Å²) in [5.41, 5.74) is 1.12. The second kappa shape index (κ2) is 6.69. The molecule has 2 fully saturated rings. The fourth-order valence-electron chi connectivity index (χ4n) is 3.42. The van der Waals surface area contributed by atoms with Crippen LogP contribution >= 0.6 is 0 Å². The van der Waals surface area contributed by atoms with Gasteiger partial charge in [-0.2, -0.15) is 0 Å². The molecule has 3 rings (SSSR count). The van der Waals surface area contributed by atoms with Crippen LogP contribution in [0.15, 0.2) is 24.3 Å². The predicted octanol–water partition coefficient (Wildman–Crippen LogP) is 3.19. The van der Waals surface area contributed by atoms with Crippen LogP contribution in [0.3, 0.4) is 0 Å². The largest absolute Gasteiger partial charge is 0.494 e. The van der Waals surface area contributed by atoms with E-state index in [2.05, 4.69) is 17.6 Å². The topological polar surface area (TPSA) is 50.4 Å². The summed E-state index contributed by atoms with van der Waals surface area (Å²) in [6.07, 6.45) is 5.48. The Kier molecular flexibility index (Phi) is 4.67. The van der Waals surface area contributed by atoms with Gasteiger partial charge in [-0.1, -0.05) is 19.4 Å². The number of unbranched alkanes of at least 4 members (excludes halogenated alkanes) is 1. The van der Waals surface area contributed by atoms with Gasteiger partial charge in [0.15, 0.2) is 0 Å². The highest BCUT2D eigenvalue weighted by molar-refractivity contribution is 5.95. The molecule has 1 aromatic rings.